The van der Waals surface area contributed by atoms with Crippen molar-refractivity contribution in [1.29, 1.82) is 5.26 Å². The number of nitriles is 1. The molecule has 2 fully saturated rings. The number of nitrogens with zero attached hydrogens (tertiary/aromatic N) is 3. The highest BCUT2D eigenvalue weighted by molar-refractivity contribution is 6.43. The summed E-state index contributed by atoms with van der Waals surface area (Å²) in [6, 6.07) is 7.22. The van der Waals surface area contributed by atoms with Crippen molar-refractivity contribution in [2.24, 2.45) is 0 Å². The van der Waals surface area contributed by atoms with Crippen LogP contribution in [0.1, 0.15) is 38.7 Å². The van der Waals surface area contributed by atoms with Crippen LogP contribution in [0.15, 0.2) is 35.9 Å². The topological polar surface area (TPSA) is 126 Å². The van der Waals surface area contributed by atoms with E-state index in [1.165, 1.54) is 40.1 Å². The predicted octanol–water partition coefficient (Wildman–Crippen LogP) is 2.04. The normalized spacial score (nSPS) is 20.9. The van der Waals surface area contributed by atoms with Crippen LogP contribution in [0.4, 0.5) is 18.0 Å². The summed E-state index contributed by atoms with van der Waals surface area (Å²) < 4.78 is 45.9. The second-order valence-corrected chi connectivity index (χ2v) is 10.3. The zero-order chi connectivity index (χ0) is 28.1. The first-order valence-corrected chi connectivity index (χ1v) is 12.4. The van der Waals surface area contributed by atoms with Crippen molar-refractivity contribution in [2.75, 3.05) is 26.2 Å². The quantitative estimate of drug-likeness (QED) is 0.264. The van der Waals surface area contributed by atoms with Gasteiger partial charge in [-0.2, -0.15) is 5.26 Å². The molecule has 1 aromatic rings. The lowest BCUT2D eigenvalue weighted by atomic mass is 9.76. The molecule has 3 N–H and O–H groups in total. The van der Waals surface area contributed by atoms with Crippen molar-refractivity contribution < 1.29 is 37.5 Å². The van der Waals surface area contributed by atoms with Crippen molar-refractivity contribution in [3.05, 3.63) is 47.3 Å². The maximum atomic E-state index is 13.7. The summed E-state index contributed by atoms with van der Waals surface area (Å²) in [4.78, 5) is 28.5. The number of alkyl carbamates (subject to hydrolysis) is 1. The summed E-state index contributed by atoms with van der Waals surface area (Å²) in [5, 5.41) is 31.3. The molecule has 2 atom stereocenters. The van der Waals surface area contributed by atoms with Crippen molar-refractivity contribution in [2.45, 2.75) is 63.0 Å². The highest BCUT2D eigenvalue weighted by Crippen LogP contribution is 2.33. The Morgan fingerprint density at radius 2 is 2.00 bits per heavy atom. The number of likely N-dealkylation sites (tertiary alicyclic amines) is 2. The monoisotopic (exact) mass is 536 g/mol. The van der Waals surface area contributed by atoms with E-state index in [0.29, 0.717) is 24.9 Å². The molecule has 3 rings (SSSR count). The van der Waals surface area contributed by atoms with E-state index >= 15 is 0 Å². The van der Waals surface area contributed by atoms with E-state index in [0.717, 1.165) is 0 Å². The van der Waals surface area contributed by atoms with Gasteiger partial charge < -0.3 is 25.0 Å². The number of piperidine rings is 1. The second kappa shape index (κ2) is 12.2. The van der Waals surface area contributed by atoms with Crippen LogP contribution in [0.25, 0.3) is 0 Å². The molecule has 1 unspecified atom stereocenters. The Morgan fingerprint density at radius 1 is 1.32 bits per heavy atom. The summed E-state index contributed by atoms with van der Waals surface area (Å²) in [6.45, 7) is 3.36. The summed E-state index contributed by atoms with van der Waals surface area (Å²) in [6.07, 6.45) is 0.434. The Bertz CT molecular complexity index is 1080. The minimum Gasteiger partial charge on any atom is -0.444 e. The van der Waals surface area contributed by atoms with E-state index in [-0.39, 0.29) is 31.5 Å². The SMILES string of the molecule is CC(C)(C=C(C#N)C(=O)N1CCC[C@H](OC(=O)NC(Cc2ccc(F)cc2)B(O)O)C1)N1CCC(F)(F)C1. The van der Waals surface area contributed by atoms with Crippen molar-refractivity contribution >= 4 is 19.1 Å². The van der Waals surface area contributed by atoms with Gasteiger partial charge in [-0.25, -0.2) is 18.0 Å². The summed E-state index contributed by atoms with van der Waals surface area (Å²) >= 11 is 0. The number of ether oxygens (including phenoxy) is 1. The van der Waals surface area contributed by atoms with Gasteiger partial charge in [0, 0.05) is 25.0 Å². The van der Waals surface area contributed by atoms with Crippen LogP contribution >= 0.6 is 0 Å². The van der Waals surface area contributed by atoms with Crippen LogP contribution in [0, 0.1) is 17.1 Å². The van der Waals surface area contributed by atoms with Crippen LogP contribution in [-0.4, -0.2) is 88.7 Å². The summed E-state index contributed by atoms with van der Waals surface area (Å²) in [5.74, 6) is -4.97. The average molecular weight is 536 g/mol. The predicted molar refractivity (Wildman–Crippen MR) is 132 cm³/mol. The summed E-state index contributed by atoms with van der Waals surface area (Å²) in [5.41, 5.74) is -0.564. The average Bonchev–Trinajstić information content (AvgIpc) is 3.23. The maximum Gasteiger partial charge on any atom is 0.475 e. The number of alkyl halides is 2. The zero-order valence-electron chi connectivity index (χ0n) is 21.4. The van der Waals surface area contributed by atoms with Gasteiger partial charge in [-0.1, -0.05) is 12.1 Å². The molecule has 2 saturated heterocycles. The van der Waals surface area contributed by atoms with Crippen molar-refractivity contribution in [1.82, 2.24) is 15.1 Å². The van der Waals surface area contributed by atoms with Gasteiger partial charge in [0.05, 0.1) is 19.0 Å². The first kappa shape index (κ1) is 29.5. The highest BCUT2D eigenvalue weighted by atomic mass is 19.3. The van der Waals surface area contributed by atoms with Crippen molar-refractivity contribution in [3.63, 3.8) is 0 Å². The van der Waals surface area contributed by atoms with Gasteiger partial charge in [0.2, 0.25) is 0 Å². The molecule has 2 amide bonds. The number of amides is 2. The Labute approximate surface area is 220 Å². The molecule has 38 heavy (non-hydrogen) atoms. The van der Waals surface area contributed by atoms with Crippen LogP contribution in [0.5, 0.6) is 0 Å². The molecule has 2 aliphatic rings. The number of hydrogen-bond donors (Lipinski definition) is 3. The third-order valence-corrected chi connectivity index (χ3v) is 6.80. The minimum absolute atomic E-state index is 0.0113. The van der Waals surface area contributed by atoms with Gasteiger partial charge in [0.25, 0.3) is 11.8 Å². The number of benzene rings is 1. The van der Waals surface area contributed by atoms with E-state index in [1.807, 2.05) is 6.07 Å². The number of nitrogens with one attached hydrogen (secondary N) is 1. The summed E-state index contributed by atoms with van der Waals surface area (Å²) in [7, 11) is -1.90. The third-order valence-electron chi connectivity index (χ3n) is 6.80. The first-order chi connectivity index (χ1) is 17.8. The van der Waals surface area contributed by atoms with E-state index in [9.17, 15) is 38.1 Å². The van der Waals surface area contributed by atoms with Gasteiger partial charge in [0.1, 0.15) is 23.6 Å². The fraction of sp³-hybridized carbons (Fsp3) is 0.560. The molecular weight excluding hydrogens is 504 g/mol. The molecule has 206 valence electrons. The smallest absolute Gasteiger partial charge is 0.444 e. The number of rotatable bonds is 8. The number of carbonyl (C=O) groups excluding carboxylic acids is 2. The van der Waals surface area contributed by atoms with Gasteiger partial charge >= 0.3 is 13.2 Å². The molecule has 0 aliphatic carbocycles. The Morgan fingerprint density at radius 3 is 2.58 bits per heavy atom. The number of halogens is 3. The molecule has 0 radical (unpaired) electrons. The molecule has 0 aromatic heterocycles. The van der Waals surface area contributed by atoms with Crippen LogP contribution < -0.4 is 5.32 Å². The Balaban J connectivity index is 1.59. The first-order valence-electron chi connectivity index (χ1n) is 12.4. The van der Waals surface area contributed by atoms with Crippen molar-refractivity contribution in [3.8, 4) is 6.07 Å². The fourth-order valence-electron chi connectivity index (χ4n) is 4.65. The maximum absolute atomic E-state index is 13.7. The molecular formula is C25H32BF3N4O5. The van der Waals surface area contributed by atoms with Gasteiger partial charge in [-0.3, -0.25) is 9.69 Å². The zero-order valence-corrected chi connectivity index (χ0v) is 21.4. The molecule has 13 heteroatoms. The Hall–Kier alpha value is -3.08. The lowest BCUT2D eigenvalue weighted by Crippen LogP contribution is -2.50. The molecule has 0 saturated carbocycles. The lowest BCUT2D eigenvalue weighted by molar-refractivity contribution is -0.129. The molecule has 9 nitrogen and oxygen atoms in total. The molecule has 0 spiro atoms. The fourth-order valence-corrected chi connectivity index (χ4v) is 4.65. The van der Waals surface area contributed by atoms with Gasteiger partial charge in [-0.15, -0.1) is 0 Å². The second-order valence-electron chi connectivity index (χ2n) is 10.3. The number of hydrogen-bond acceptors (Lipinski definition) is 7. The third kappa shape index (κ3) is 7.96. The highest BCUT2D eigenvalue weighted by Gasteiger charge is 2.43. The van der Waals surface area contributed by atoms with Crippen LogP contribution in [0.3, 0.4) is 0 Å². The van der Waals surface area contributed by atoms with E-state index in [4.69, 9.17) is 4.74 Å². The molecule has 2 heterocycles. The van der Waals surface area contributed by atoms with Crippen LogP contribution in [-0.2, 0) is 16.0 Å². The lowest BCUT2D eigenvalue weighted by Gasteiger charge is -2.35. The molecule has 2 aliphatic heterocycles. The van der Waals surface area contributed by atoms with Gasteiger partial charge in [0.15, 0.2) is 0 Å². The number of carbonyl (C=O) groups is 2. The standard InChI is InChI=1S/C25H32BF3N4O5/c1-24(2,33-11-9-25(28,29)16-33)13-18(14-30)22(34)32-10-3-4-20(15-32)38-23(35)31-21(26(36)37)12-17-5-7-19(27)8-6-17/h5-8,13,20-21,36-37H,3-4,9-12,15-16H2,1-2H3,(H,31,35)/t20-,21?/m0/s1. The largest absolute Gasteiger partial charge is 0.475 e. The van der Waals surface area contributed by atoms with E-state index < -0.39 is 55.0 Å². The minimum atomic E-state index is -2.82. The molecule has 1 aromatic carbocycles. The van der Waals surface area contributed by atoms with Gasteiger partial charge in [-0.05, 0) is 56.9 Å². The van der Waals surface area contributed by atoms with E-state index in [2.05, 4.69) is 5.32 Å². The van der Waals surface area contributed by atoms with E-state index in [1.54, 1.807) is 13.8 Å². The Kier molecular flexibility index (Phi) is 9.46. The van der Waals surface area contributed by atoms with Crippen LogP contribution in [0.2, 0.25) is 0 Å². The molecule has 0 bridgehead atoms.